The highest BCUT2D eigenvalue weighted by molar-refractivity contribution is 5.84. The molecule has 0 aliphatic carbocycles. The van der Waals surface area contributed by atoms with Crippen LogP contribution in [0.3, 0.4) is 0 Å². The molecule has 7 nitrogen and oxygen atoms in total. The van der Waals surface area contributed by atoms with Crippen molar-refractivity contribution in [2.24, 2.45) is 17.6 Å². The number of ether oxygens (including phenoxy) is 1. The Hall–Kier alpha value is -3.26. The first kappa shape index (κ1) is 25.8. The van der Waals surface area contributed by atoms with Crippen LogP contribution in [0.25, 0.3) is 10.9 Å². The molecule has 7 heteroatoms. The number of nitrogens with zero attached hydrogens (tertiary/aromatic N) is 2. The largest absolute Gasteiger partial charge is 0.497 e. The average molecular weight is 490 g/mol. The monoisotopic (exact) mass is 489 g/mol. The Morgan fingerprint density at radius 1 is 1.28 bits per heavy atom. The number of carboxylic acid groups (broad SMARTS) is 1. The predicted molar refractivity (Wildman–Crippen MR) is 141 cm³/mol. The second kappa shape index (κ2) is 11.6. The van der Waals surface area contributed by atoms with Gasteiger partial charge in [-0.15, -0.1) is 6.58 Å². The molecule has 190 valence electrons. The molecule has 3 saturated heterocycles. The standard InChI is InChI=1S/C20H24N2O2.C9H11NO2/c1-3-13-12-22-9-7-14(13)10-19(22)20(23)16-6-8-21-18-5-4-15(24-2)11-17(16)18;10-8(9(11)12)6-7-4-2-1-3-5-7/h3-6,8,11,13-14,19-20,23H,1,7,9-10,12H2,2H3;1-5,8H,6,10H2,(H,11,12)/t;8-/m.0/s1. The Kier molecular flexibility index (Phi) is 8.36. The van der Waals surface area contributed by atoms with Gasteiger partial charge in [-0.25, -0.2) is 0 Å². The number of hydrogen-bond acceptors (Lipinski definition) is 6. The van der Waals surface area contributed by atoms with Crippen LogP contribution < -0.4 is 10.5 Å². The summed E-state index contributed by atoms with van der Waals surface area (Å²) in [5, 5.41) is 20.6. The molecule has 3 aliphatic heterocycles. The predicted octanol–water partition coefficient (Wildman–Crippen LogP) is 3.81. The van der Waals surface area contributed by atoms with Gasteiger partial charge in [-0.3, -0.25) is 14.7 Å². The molecule has 1 aromatic heterocycles. The summed E-state index contributed by atoms with van der Waals surface area (Å²) in [5.74, 6) is 1.05. The van der Waals surface area contributed by atoms with Crippen LogP contribution in [-0.4, -0.2) is 58.3 Å². The molecule has 6 rings (SSSR count). The summed E-state index contributed by atoms with van der Waals surface area (Å²) in [4.78, 5) is 17.2. The smallest absolute Gasteiger partial charge is 0.320 e. The lowest BCUT2D eigenvalue weighted by molar-refractivity contribution is -0.138. The highest BCUT2D eigenvalue weighted by atomic mass is 16.5. The zero-order chi connectivity index (χ0) is 25.7. The van der Waals surface area contributed by atoms with Gasteiger partial charge in [0, 0.05) is 24.2 Å². The van der Waals surface area contributed by atoms with Gasteiger partial charge in [0.25, 0.3) is 0 Å². The molecule has 3 aliphatic rings. The third kappa shape index (κ3) is 5.75. The van der Waals surface area contributed by atoms with Gasteiger partial charge < -0.3 is 20.7 Å². The molecule has 5 unspecified atom stereocenters. The maximum atomic E-state index is 11.2. The van der Waals surface area contributed by atoms with Crippen molar-refractivity contribution in [1.29, 1.82) is 0 Å². The summed E-state index contributed by atoms with van der Waals surface area (Å²) in [6, 6.07) is 16.5. The number of fused-ring (bicyclic) bond motifs is 4. The van der Waals surface area contributed by atoms with Crippen LogP contribution in [0.5, 0.6) is 5.75 Å². The minimum absolute atomic E-state index is 0.178. The van der Waals surface area contributed by atoms with E-state index in [0.29, 0.717) is 18.3 Å². The fourth-order valence-electron chi connectivity index (χ4n) is 5.40. The third-order valence-electron chi connectivity index (χ3n) is 7.44. The number of hydrogen-bond donors (Lipinski definition) is 3. The highest BCUT2D eigenvalue weighted by Gasteiger charge is 2.42. The van der Waals surface area contributed by atoms with Gasteiger partial charge in [0.15, 0.2) is 0 Å². The van der Waals surface area contributed by atoms with Crippen LogP contribution in [0.15, 0.2) is 73.4 Å². The molecule has 0 radical (unpaired) electrons. The molecular weight excluding hydrogens is 454 g/mol. The first-order valence-electron chi connectivity index (χ1n) is 12.4. The van der Waals surface area contributed by atoms with E-state index in [4.69, 9.17) is 15.6 Å². The zero-order valence-corrected chi connectivity index (χ0v) is 20.7. The summed E-state index contributed by atoms with van der Waals surface area (Å²) < 4.78 is 5.35. The van der Waals surface area contributed by atoms with E-state index in [0.717, 1.165) is 47.3 Å². The van der Waals surface area contributed by atoms with Gasteiger partial charge in [0.2, 0.25) is 0 Å². The molecule has 3 aromatic rings. The molecule has 4 heterocycles. The summed E-state index contributed by atoms with van der Waals surface area (Å²) in [7, 11) is 1.66. The molecule has 0 saturated carbocycles. The van der Waals surface area contributed by atoms with Crippen LogP contribution in [0.1, 0.15) is 30.1 Å². The van der Waals surface area contributed by atoms with Gasteiger partial charge in [0.1, 0.15) is 11.8 Å². The summed E-state index contributed by atoms with van der Waals surface area (Å²) in [6.07, 6.45) is 6.01. The van der Waals surface area contributed by atoms with Crippen molar-refractivity contribution in [3.05, 3.63) is 84.6 Å². The van der Waals surface area contributed by atoms with Gasteiger partial charge >= 0.3 is 5.97 Å². The lowest BCUT2D eigenvalue weighted by Gasteiger charge is -2.50. The Morgan fingerprint density at radius 2 is 2.06 bits per heavy atom. The van der Waals surface area contributed by atoms with Crippen molar-refractivity contribution < 1.29 is 19.7 Å². The maximum absolute atomic E-state index is 11.2. The van der Waals surface area contributed by atoms with E-state index in [1.165, 1.54) is 6.42 Å². The van der Waals surface area contributed by atoms with Crippen molar-refractivity contribution >= 4 is 16.9 Å². The minimum Gasteiger partial charge on any atom is -0.497 e. The van der Waals surface area contributed by atoms with Gasteiger partial charge in [-0.2, -0.15) is 0 Å². The number of carbonyl (C=O) groups is 1. The van der Waals surface area contributed by atoms with Crippen LogP contribution >= 0.6 is 0 Å². The molecule has 0 amide bonds. The summed E-state index contributed by atoms with van der Waals surface area (Å²) in [6.45, 7) is 6.07. The first-order chi connectivity index (χ1) is 17.4. The van der Waals surface area contributed by atoms with Crippen molar-refractivity contribution in [2.45, 2.75) is 37.5 Å². The van der Waals surface area contributed by atoms with Gasteiger partial charge in [-0.1, -0.05) is 36.4 Å². The second-order valence-corrected chi connectivity index (χ2v) is 9.61. The molecule has 36 heavy (non-hydrogen) atoms. The molecule has 4 N–H and O–H groups in total. The van der Waals surface area contributed by atoms with E-state index in [1.807, 2.05) is 54.6 Å². The quantitative estimate of drug-likeness (QED) is 0.433. The van der Waals surface area contributed by atoms with Crippen LogP contribution in [0.2, 0.25) is 0 Å². The molecular formula is C29H35N3O4. The number of aliphatic hydroxyl groups excluding tert-OH is 1. The molecule has 0 spiro atoms. The van der Waals surface area contributed by atoms with E-state index in [1.54, 1.807) is 13.3 Å². The number of aliphatic hydroxyl groups is 1. The maximum Gasteiger partial charge on any atom is 0.320 e. The van der Waals surface area contributed by atoms with Gasteiger partial charge in [0.05, 0.1) is 18.7 Å². The number of benzene rings is 2. The SMILES string of the molecule is C=CC1CN2CCC1CC2C(O)c1ccnc2ccc(OC)cc12.N[C@@H](Cc1ccccc1)C(=O)O. The fourth-order valence-corrected chi connectivity index (χ4v) is 5.40. The highest BCUT2D eigenvalue weighted by Crippen LogP contribution is 2.42. The van der Waals surface area contributed by atoms with Crippen molar-refractivity contribution in [3.63, 3.8) is 0 Å². The van der Waals surface area contributed by atoms with E-state index in [-0.39, 0.29) is 6.04 Å². The molecule has 2 bridgehead atoms. The Morgan fingerprint density at radius 3 is 2.69 bits per heavy atom. The molecule has 6 atom stereocenters. The van der Waals surface area contributed by atoms with E-state index >= 15 is 0 Å². The van der Waals surface area contributed by atoms with Crippen molar-refractivity contribution in [2.75, 3.05) is 20.2 Å². The van der Waals surface area contributed by atoms with Crippen molar-refractivity contribution in [1.82, 2.24) is 9.88 Å². The third-order valence-corrected chi connectivity index (χ3v) is 7.44. The number of nitrogens with two attached hydrogens (primary N) is 1. The number of rotatable bonds is 7. The number of aliphatic carboxylic acids is 1. The molecule has 3 fully saturated rings. The minimum atomic E-state index is -0.959. The van der Waals surface area contributed by atoms with Crippen LogP contribution in [0.4, 0.5) is 0 Å². The number of piperidine rings is 3. The normalized spacial score (nSPS) is 24.3. The zero-order valence-electron chi connectivity index (χ0n) is 20.7. The average Bonchev–Trinajstić information content (AvgIpc) is 2.93. The first-order valence-corrected chi connectivity index (χ1v) is 12.4. The lowest BCUT2D eigenvalue weighted by Crippen LogP contribution is -2.54. The van der Waals surface area contributed by atoms with Gasteiger partial charge in [-0.05, 0) is 73.0 Å². The van der Waals surface area contributed by atoms with Crippen LogP contribution in [-0.2, 0) is 11.2 Å². The van der Waals surface area contributed by atoms with Crippen molar-refractivity contribution in [3.8, 4) is 5.75 Å². The summed E-state index contributed by atoms with van der Waals surface area (Å²) >= 11 is 0. The lowest BCUT2D eigenvalue weighted by atomic mass is 9.73. The van der Waals surface area contributed by atoms with E-state index in [9.17, 15) is 9.90 Å². The van der Waals surface area contributed by atoms with E-state index in [2.05, 4.69) is 22.5 Å². The number of methoxy groups -OCH3 is 1. The van der Waals surface area contributed by atoms with E-state index < -0.39 is 18.1 Å². The fraction of sp³-hybridized carbons (Fsp3) is 0.379. The summed E-state index contributed by atoms with van der Waals surface area (Å²) in [5.41, 5.74) is 8.15. The second-order valence-electron chi connectivity index (χ2n) is 9.61. The number of carboxylic acids is 1. The molecule has 2 aromatic carbocycles. The number of pyridine rings is 1. The van der Waals surface area contributed by atoms with Crippen LogP contribution in [0, 0.1) is 11.8 Å². The topological polar surface area (TPSA) is 109 Å². The number of aromatic nitrogens is 1. The Bertz CT molecular complexity index is 1190. The Balaban J connectivity index is 0.000000214. The Labute approximate surface area is 212 Å².